The van der Waals surface area contributed by atoms with Crippen LogP contribution in [0, 0.1) is 0 Å². The van der Waals surface area contributed by atoms with Crippen LogP contribution in [0.2, 0.25) is 0 Å². The molecule has 0 atom stereocenters. The van der Waals surface area contributed by atoms with Crippen LogP contribution in [0.3, 0.4) is 0 Å². The number of halogens is 1. The number of nitrogens with two attached hydrogens (primary N) is 1. The van der Waals surface area contributed by atoms with Gasteiger partial charge in [0, 0.05) is 33.7 Å². The van der Waals surface area contributed by atoms with E-state index in [1.807, 2.05) is 0 Å². The van der Waals surface area contributed by atoms with Crippen molar-refractivity contribution in [3.8, 4) is 5.75 Å². The van der Waals surface area contributed by atoms with Gasteiger partial charge in [0.1, 0.15) is 5.75 Å². The first-order chi connectivity index (χ1) is 10.4. The topological polar surface area (TPSA) is 92.4 Å². The van der Waals surface area contributed by atoms with E-state index in [4.69, 9.17) is 10.5 Å². The van der Waals surface area contributed by atoms with Gasteiger partial charge in [-0.05, 0) is 42.0 Å². The van der Waals surface area contributed by atoms with E-state index < -0.39 is 5.97 Å². The Morgan fingerprint density at radius 2 is 1.83 bits per heavy atom. The summed E-state index contributed by atoms with van der Waals surface area (Å²) in [5, 5.41) is 10.8. The second-order valence-corrected chi connectivity index (χ2v) is 5.55. The maximum absolute atomic E-state index is 12.6. The summed E-state index contributed by atoms with van der Waals surface area (Å²) in [6, 6.07) is 9.78. The summed E-state index contributed by atoms with van der Waals surface area (Å²) in [6.07, 6.45) is -0.385. The van der Waals surface area contributed by atoms with E-state index in [1.165, 1.54) is 19.2 Å². The van der Waals surface area contributed by atoms with Crippen LogP contribution in [0.15, 0.2) is 40.9 Å². The number of hydrogen-bond donors (Lipinski definition) is 1. The van der Waals surface area contributed by atoms with Crippen molar-refractivity contribution in [1.82, 2.24) is 0 Å². The Morgan fingerprint density at radius 3 is 2.35 bits per heavy atom. The Morgan fingerprint density at radius 1 is 1.22 bits per heavy atom. The number of carboxylic acid groups (broad SMARTS) is 1. The first-order valence-electron chi connectivity index (χ1n) is 6.39. The molecule has 0 spiro atoms. The smallest absolute Gasteiger partial charge is 0.550 e. The molecule has 2 N–H and O–H groups in total. The van der Waals surface area contributed by atoms with Crippen molar-refractivity contribution < 1.29 is 49.0 Å². The van der Waals surface area contributed by atoms with Gasteiger partial charge in [0.2, 0.25) is 0 Å². The van der Waals surface area contributed by atoms with Crippen LogP contribution in [0.4, 0.5) is 5.69 Å². The Kier molecular flexibility index (Phi) is 7.28. The fourth-order valence-corrected chi connectivity index (χ4v) is 2.31. The average Bonchev–Trinajstić information content (AvgIpc) is 2.49. The number of ether oxygens (including phenoxy) is 1. The molecule has 0 aliphatic rings. The van der Waals surface area contributed by atoms with Gasteiger partial charge in [-0.2, -0.15) is 0 Å². The summed E-state index contributed by atoms with van der Waals surface area (Å²) in [5.41, 5.74) is 7.01. The van der Waals surface area contributed by atoms with E-state index in [2.05, 4.69) is 15.9 Å². The number of benzene rings is 2. The largest absolute Gasteiger partial charge is 1.00 e. The molecule has 2 aromatic carbocycles. The molecule has 0 aliphatic carbocycles. The number of anilines is 1. The predicted molar refractivity (Wildman–Crippen MR) is 83.7 cm³/mol. The predicted octanol–water partition coefficient (Wildman–Crippen LogP) is -1.43. The van der Waals surface area contributed by atoms with Crippen molar-refractivity contribution in [2.45, 2.75) is 6.42 Å². The molecule has 0 radical (unpaired) electrons. The number of carboxylic acids is 1. The standard InChI is InChI=1S/C16H14BrNO4.Na/c1-22-12-6-10(7-14(19)20)15(18)13(8-12)16(21)9-2-4-11(17)5-3-9;/h2-6,8H,7,18H2,1H3,(H,19,20);/q;+1/p-1. The van der Waals surface area contributed by atoms with Crippen molar-refractivity contribution >= 4 is 33.4 Å². The molecule has 0 heterocycles. The molecule has 0 fully saturated rings. The Bertz CT molecular complexity index is 732. The molecule has 114 valence electrons. The summed E-state index contributed by atoms with van der Waals surface area (Å²) in [6.45, 7) is 0. The number of ketones is 1. The molecule has 2 aromatic rings. The second kappa shape index (κ2) is 8.49. The minimum atomic E-state index is -1.28. The van der Waals surface area contributed by atoms with E-state index in [9.17, 15) is 14.7 Å². The van der Waals surface area contributed by atoms with Crippen LogP contribution in [-0.4, -0.2) is 18.9 Å². The van der Waals surface area contributed by atoms with Gasteiger partial charge in [-0.25, -0.2) is 0 Å². The van der Waals surface area contributed by atoms with Gasteiger partial charge in [0.15, 0.2) is 5.78 Å². The van der Waals surface area contributed by atoms with E-state index in [0.717, 1.165) is 4.47 Å². The third-order valence-corrected chi connectivity index (χ3v) is 3.69. The van der Waals surface area contributed by atoms with Gasteiger partial charge >= 0.3 is 29.6 Å². The molecule has 7 heteroatoms. The molecular formula is C16H13BrNNaO4. The second-order valence-electron chi connectivity index (χ2n) is 4.63. The van der Waals surface area contributed by atoms with Crippen molar-refractivity contribution in [3.05, 3.63) is 57.6 Å². The molecule has 0 amide bonds. The van der Waals surface area contributed by atoms with Gasteiger partial charge in [-0.15, -0.1) is 0 Å². The molecule has 0 unspecified atom stereocenters. The van der Waals surface area contributed by atoms with Crippen LogP contribution in [-0.2, 0) is 11.2 Å². The van der Waals surface area contributed by atoms with Crippen LogP contribution in [0.25, 0.3) is 0 Å². The van der Waals surface area contributed by atoms with Gasteiger partial charge in [0.05, 0.1) is 7.11 Å². The number of hydrogen-bond acceptors (Lipinski definition) is 5. The summed E-state index contributed by atoms with van der Waals surface area (Å²) >= 11 is 3.30. The summed E-state index contributed by atoms with van der Waals surface area (Å²) in [7, 11) is 1.43. The van der Waals surface area contributed by atoms with E-state index in [-0.39, 0.29) is 53.0 Å². The first kappa shape index (κ1) is 19.7. The Hall–Kier alpha value is -1.34. The van der Waals surface area contributed by atoms with Crippen molar-refractivity contribution in [3.63, 3.8) is 0 Å². The number of aliphatic carboxylic acids is 1. The number of carbonyl (C=O) groups is 2. The van der Waals surface area contributed by atoms with Crippen LogP contribution in [0.5, 0.6) is 5.75 Å². The quantitative estimate of drug-likeness (QED) is 0.387. The number of carbonyl (C=O) groups excluding carboxylic acids is 2. The monoisotopic (exact) mass is 385 g/mol. The minimum Gasteiger partial charge on any atom is -0.550 e. The number of rotatable bonds is 5. The summed E-state index contributed by atoms with van der Waals surface area (Å²) in [4.78, 5) is 23.4. The first-order valence-corrected chi connectivity index (χ1v) is 7.18. The summed E-state index contributed by atoms with van der Waals surface area (Å²) < 4.78 is 5.96. The molecule has 2 rings (SSSR count). The normalized spacial score (nSPS) is 9.83. The fourth-order valence-electron chi connectivity index (χ4n) is 2.05. The Labute approximate surface area is 164 Å². The number of nitrogen functional groups attached to an aromatic ring is 1. The van der Waals surface area contributed by atoms with E-state index >= 15 is 0 Å². The molecule has 23 heavy (non-hydrogen) atoms. The maximum atomic E-state index is 12.6. The molecular weight excluding hydrogens is 373 g/mol. The van der Waals surface area contributed by atoms with Crippen LogP contribution in [0.1, 0.15) is 21.5 Å². The summed E-state index contributed by atoms with van der Waals surface area (Å²) in [5.74, 6) is -1.21. The van der Waals surface area contributed by atoms with Crippen LogP contribution >= 0.6 is 15.9 Å². The zero-order valence-electron chi connectivity index (χ0n) is 12.8. The van der Waals surface area contributed by atoms with Gasteiger partial charge in [-0.1, -0.05) is 15.9 Å². The van der Waals surface area contributed by atoms with Crippen LogP contribution < -0.4 is 45.1 Å². The van der Waals surface area contributed by atoms with Crippen molar-refractivity contribution in [2.75, 3.05) is 12.8 Å². The van der Waals surface area contributed by atoms with Gasteiger partial charge in [-0.3, -0.25) is 4.79 Å². The molecule has 0 bridgehead atoms. The fraction of sp³-hybridized carbons (Fsp3) is 0.125. The number of methoxy groups -OCH3 is 1. The molecule has 5 nitrogen and oxygen atoms in total. The molecule has 0 saturated heterocycles. The molecule has 0 aromatic heterocycles. The van der Waals surface area contributed by atoms with Crippen molar-refractivity contribution in [2.24, 2.45) is 0 Å². The molecule has 0 aliphatic heterocycles. The molecule has 0 saturated carbocycles. The van der Waals surface area contributed by atoms with E-state index in [0.29, 0.717) is 16.9 Å². The maximum Gasteiger partial charge on any atom is 1.00 e. The minimum absolute atomic E-state index is 0. The van der Waals surface area contributed by atoms with Gasteiger partial charge < -0.3 is 20.4 Å². The third kappa shape index (κ3) is 4.81. The van der Waals surface area contributed by atoms with Crippen molar-refractivity contribution in [1.29, 1.82) is 0 Å². The zero-order valence-corrected chi connectivity index (χ0v) is 16.3. The third-order valence-electron chi connectivity index (χ3n) is 3.16. The average molecular weight is 386 g/mol. The zero-order chi connectivity index (χ0) is 16.3. The SMILES string of the molecule is COc1cc(CC(=O)[O-])c(N)c(C(=O)c2ccc(Br)cc2)c1.[Na+]. The van der Waals surface area contributed by atoms with E-state index in [1.54, 1.807) is 24.3 Å². The van der Waals surface area contributed by atoms with Gasteiger partial charge in [0.25, 0.3) is 0 Å². The Balaban J connectivity index is 0.00000264.